The third-order valence-corrected chi connectivity index (χ3v) is 3.92. The number of carbonyl (C=O) groups excluding carboxylic acids is 2. The van der Waals surface area contributed by atoms with E-state index in [0.717, 1.165) is 6.42 Å². The molecule has 120 valence electrons. The quantitative estimate of drug-likeness (QED) is 0.929. The van der Waals surface area contributed by atoms with E-state index in [1.54, 1.807) is 6.92 Å². The van der Waals surface area contributed by atoms with E-state index in [1.165, 1.54) is 11.1 Å². The SMILES string of the molecule is CCOC(=O)NC(C(=O)N1CCc2ccccc2C1)C(C)C. The summed E-state index contributed by atoms with van der Waals surface area (Å²) >= 11 is 0. The molecule has 1 N–H and O–H groups in total. The van der Waals surface area contributed by atoms with Crippen molar-refractivity contribution in [2.75, 3.05) is 13.2 Å². The molecular weight excluding hydrogens is 280 g/mol. The van der Waals surface area contributed by atoms with E-state index in [2.05, 4.69) is 17.4 Å². The molecule has 1 aliphatic heterocycles. The number of hydrogen-bond acceptors (Lipinski definition) is 3. The van der Waals surface area contributed by atoms with Crippen molar-refractivity contribution in [1.29, 1.82) is 0 Å². The first kappa shape index (κ1) is 16.3. The average molecular weight is 304 g/mol. The number of amides is 2. The lowest BCUT2D eigenvalue weighted by Gasteiger charge is -2.33. The van der Waals surface area contributed by atoms with Crippen LogP contribution in [0.4, 0.5) is 4.79 Å². The summed E-state index contributed by atoms with van der Waals surface area (Å²) in [6.45, 7) is 7.17. The molecule has 0 saturated heterocycles. The molecule has 5 nitrogen and oxygen atoms in total. The summed E-state index contributed by atoms with van der Waals surface area (Å²) in [6.07, 6.45) is 0.318. The molecule has 2 amide bonds. The minimum absolute atomic E-state index is 0.00840. The summed E-state index contributed by atoms with van der Waals surface area (Å²) < 4.78 is 4.90. The van der Waals surface area contributed by atoms with Gasteiger partial charge < -0.3 is 15.0 Å². The fourth-order valence-corrected chi connectivity index (χ4v) is 2.69. The predicted octanol–water partition coefficient (Wildman–Crippen LogP) is 2.34. The van der Waals surface area contributed by atoms with Crippen LogP contribution < -0.4 is 5.32 Å². The topological polar surface area (TPSA) is 58.6 Å². The van der Waals surface area contributed by atoms with Crippen LogP contribution in [0.1, 0.15) is 31.9 Å². The number of hydrogen-bond donors (Lipinski definition) is 1. The Kier molecular flexibility index (Phi) is 5.41. The summed E-state index contributed by atoms with van der Waals surface area (Å²) in [7, 11) is 0. The molecule has 5 heteroatoms. The van der Waals surface area contributed by atoms with E-state index in [9.17, 15) is 9.59 Å². The highest BCUT2D eigenvalue weighted by atomic mass is 16.5. The Labute approximate surface area is 131 Å². The van der Waals surface area contributed by atoms with Gasteiger partial charge in [0, 0.05) is 13.1 Å². The van der Waals surface area contributed by atoms with Crippen LogP contribution in [0, 0.1) is 5.92 Å². The molecule has 1 atom stereocenters. The number of alkyl carbamates (subject to hydrolysis) is 1. The van der Waals surface area contributed by atoms with Crippen molar-refractivity contribution in [1.82, 2.24) is 10.2 Å². The highest BCUT2D eigenvalue weighted by Gasteiger charge is 2.30. The smallest absolute Gasteiger partial charge is 0.407 e. The third kappa shape index (κ3) is 3.78. The Hall–Kier alpha value is -2.04. The van der Waals surface area contributed by atoms with Gasteiger partial charge in [-0.1, -0.05) is 38.1 Å². The third-order valence-electron chi connectivity index (χ3n) is 3.92. The molecule has 1 aliphatic rings. The van der Waals surface area contributed by atoms with Crippen LogP contribution in [0.2, 0.25) is 0 Å². The van der Waals surface area contributed by atoms with E-state index >= 15 is 0 Å². The lowest BCUT2D eigenvalue weighted by atomic mass is 9.97. The largest absolute Gasteiger partial charge is 0.450 e. The number of fused-ring (bicyclic) bond motifs is 1. The number of ether oxygens (including phenoxy) is 1. The maximum absolute atomic E-state index is 12.7. The summed E-state index contributed by atoms with van der Waals surface area (Å²) in [4.78, 5) is 26.2. The number of nitrogens with one attached hydrogen (secondary N) is 1. The van der Waals surface area contributed by atoms with Gasteiger partial charge in [-0.05, 0) is 30.4 Å². The molecule has 0 aromatic heterocycles. The van der Waals surface area contributed by atoms with Gasteiger partial charge in [0.25, 0.3) is 0 Å². The first-order valence-electron chi connectivity index (χ1n) is 7.81. The van der Waals surface area contributed by atoms with Gasteiger partial charge in [-0.3, -0.25) is 4.79 Å². The van der Waals surface area contributed by atoms with Crippen LogP contribution in [0.25, 0.3) is 0 Å². The Morgan fingerprint density at radius 3 is 2.59 bits per heavy atom. The molecule has 0 fully saturated rings. The Morgan fingerprint density at radius 1 is 1.27 bits per heavy atom. The van der Waals surface area contributed by atoms with Crippen LogP contribution in [0.15, 0.2) is 24.3 Å². The number of rotatable bonds is 4. The van der Waals surface area contributed by atoms with Crippen LogP contribution in [0.5, 0.6) is 0 Å². The maximum atomic E-state index is 12.7. The summed E-state index contributed by atoms with van der Waals surface area (Å²) in [5, 5.41) is 2.69. The van der Waals surface area contributed by atoms with Crippen molar-refractivity contribution in [2.45, 2.75) is 39.8 Å². The molecule has 1 aromatic carbocycles. The van der Waals surface area contributed by atoms with Crippen molar-refractivity contribution in [3.63, 3.8) is 0 Å². The second-order valence-electron chi connectivity index (χ2n) is 5.86. The van der Waals surface area contributed by atoms with Crippen molar-refractivity contribution in [3.8, 4) is 0 Å². The van der Waals surface area contributed by atoms with Crippen molar-refractivity contribution >= 4 is 12.0 Å². The fraction of sp³-hybridized carbons (Fsp3) is 0.529. The Balaban J connectivity index is 2.07. The number of benzene rings is 1. The van der Waals surface area contributed by atoms with Gasteiger partial charge in [-0.25, -0.2) is 4.79 Å². The maximum Gasteiger partial charge on any atom is 0.407 e. The summed E-state index contributed by atoms with van der Waals surface area (Å²) in [6, 6.07) is 7.62. The zero-order valence-electron chi connectivity index (χ0n) is 13.5. The summed E-state index contributed by atoms with van der Waals surface area (Å²) in [5.74, 6) is -0.0355. The Bertz CT molecular complexity index is 542. The molecule has 22 heavy (non-hydrogen) atoms. The van der Waals surface area contributed by atoms with Gasteiger partial charge in [0.2, 0.25) is 5.91 Å². The molecular formula is C17H24N2O3. The fourth-order valence-electron chi connectivity index (χ4n) is 2.69. The van der Waals surface area contributed by atoms with Crippen LogP contribution >= 0.6 is 0 Å². The number of carbonyl (C=O) groups is 2. The molecule has 0 radical (unpaired) electrons. The van der Waals surface area contributed by atoms with Crippen molar-refractivity contribution < 1.29 is 14.3 Å². The summed E-state index contributed by atoms with van der Waals surface area (Å²) in [5.41, 5.74) is 2.48. The minimum Gasteiger partial charge on any atom is -0.450 e. The van der Waals surface area contributed by atoms with Gasteiger partial charge in [0.15, 0.2) is 0 Å². The van der Waals surface area contributed by atoms with Crippen LogP contribution in [-0.4, -0.2) is 36.1 Å². The van der Waals surface area contributed by atoms with E-state index in [4.69, 9.17) is 4.74 Å². The first-order valence-corrected chi connectivity index (χ1v) is 7.81. The second kappa shape index (κ2) is 7.29. The van der Waals surface area contributed by atoms with Gasteiger partial charge >= 0.3 is 6.09 Å². The van der Waals surface area contributed by atoms with Crippen molar-refractivity contribution in [2.24, 2.45) is 5.92 Å². The van der Waals surface area contributed by atoms with Gasteiger partial charge in [0.1, 0.15) is 6.04 Å². The highest BCUT2D eigenvalue weighted by Crippen LogP contribution is 2.20. The van der Waals surface area contributed by atoms with E-state index in [1.807, 2.05) is 30.9 Å². The molecule has 1 aromatic rings. The zero-order valence-corrected chi connectivity index (χ0v) is 13.5. The lowest BCUT2D eigenvalue weighted by Crippen LogP contribution is -2.52. The molecule has 1 unspecified atom stereocenters. The second-order valence-corrected chi connectivity index (χ2v) is 5.86. The monoisotopic (exact) mass is 304 g/mol. The average Bonchev–Trinajstić information content (AvgIpc) is 2.51. The van der Waals surface area contributed by atoms with Gasteiger partial charge in [0.05, 0.1) is 6.61 Å². The zero-order chi connectivity index (χ0) is 16.1. The molecule has 0 spiro atoms. The van der Waals surface area contributed by atoms with E-state index in [-0.39, 0.29) is 11.8 Å². The molecule has 1 heterocycles. The van der Waals surface area contributed by atoms with E-state index < -0.39 is 12.1 Å². The molecule has 0 saturated carbocycles. The van der Waals surface area contributed by atoms with Crippen LogP contribution in [-0.2, 0) is 22.5 Å². The molecule has 0 bridgehead atoms. The van der Waals surface area contributed by atoms with Gasteiger partial charge in [-0.15, -0.1) is 0 Å². The van der Waals surface area contributed by atoms with Gasteiger partial charge in [-0.2, -0.15) is 0 Å². The first-order chi connectivity index (χ1) is 10.5. The van der Waals surface area contributed by atoms with Crippen molar-refractivity contribution in [3.05, 3.63) is 35.4 Å². The predicted molar refractivity (Wildman–Crippen MR) is 84.3 cm³/mol. The normalized spacial score (nSPS) is 15.2. The molecule has 2 rings (SSSR count). The minimum atomic E-state index is -0.552. The standard InChI is InChI=1S/C17H24N2O3/c1-4-22-17(21)18-15(12(2)3)16(20)19-10-9-13-7-5-6-8-14(13)11-19/h5-8,12,15H,4,9-11H2,1-3H3,(H,18,21). The lowest BCUT2D eigenvalue weighted by molar-refractivity contribution is -0.135. The Morgan fingerprint density at radius 2 is 1.95 bits per heavy atom. The molecule has 0 aliphatic carbocycles. The number of nitrogens with zero attached hydrogens (tertiary/aromatic N) is 1. The highest BCUT2D eigenvalue weighted by molar-refractivity contribution is 5.86. The van der Waals surface area contributed by atoms with E-state index in [0.29, 0.717) is 19.7 Å². The van der Waals surface area contributed by atoms with Crippen LogP contribution in [0.3, 0.4) is 0 Å².